The summed E-state index contributed by atoms with van der Waals surface area (Å²) in [5.74, 6) is -0.774. The summed E-state index contributed by atoms with van der Waals surface area (Å²) in [4.78, 5) is 50.0. The van der Waals surface area contributed by atoms with Gasteiger partial charge in [0.05, 0.1) is 12.6 Å². The van der Waals surface area contributed by atoms with Crippen molar-refractivity contribution in [3.63, 3.8) is 0 Å². The normalized spacial score (nSPS) is 14.1. The van der Waals surface area contributed by atoms with Gasteiger partial charge in [-0.15, -0.1) is 0 Å². The van der Waals surface area contributed by atoms with Crippen molar-refractivity contribution in [2.24, 2.45) is 0 Å². The van der Waals surface area contributed by atoms with Crippen molar-refractivity contribution in [2.45, 2.75) is 32.4 Å². The molecule has 0 radical (unpaired) electrons. The molecule has 4 rings (SSSR count). The van der Waals surface area contributed by atoms with Crippen molar-refractivity contribution < 1.29 is 19.2 Å². The van der Waals surface area contributed by atoms with Crippen LogP contribution in [0.15, 0.2) is 78.9 Å². The van der Waals surface area contributed by atoms with Crippen molar-refractivity contribution in [3.05, 3.63) is 101 Å². The van der Waals surface area contributed by atoms with Gasteiger partial charge >= 0.3 is 0 Å². The van der Waals surface area contributed by atoms with Gasteiger partial charge in [-0.1, -0.05) is 42.5 Å². The minimum Gasteiger partial charge on any atom is -0.346 e. The summed E-state index contributed by atoms with van der Waals surface area (Å²) in [6.07, 6.45) is 0.517. The highest BCUT2D eigenvalue weighted by atomic mass is 16.2. The lowest BCUT2D eigenvalue weighted by atomic mass is 10.1. The highest BCUT2D eigenvalue weighted by Crippen LogP contribution is 2.20. The Morgan fingerprint density at radius 1 is 0.824 bits per heavy atom. The number of rotatable bonds is 7. The van der Waals surface area contributed by atoms with Crippen LogP contribution in [0.5, 0.6) is 0 Å². The van der Waals surface area contributed by atoms with E-state index in [1.54, 1.807) is 54.6 Å². The smallest absolute Gasteiger partial charge is 0.255 e. The van der Waals surface area contributed by atoms with E-state index < -0.39 is 0 Å². The molecule has 1 atom stereocenters. The van der Waals surface area contributed by atoms with E-state index in [1.807, 2.05) is 31.2 Å². The highest BCUT2D eigenvalue weighted by molar-refractivity contribution is 6.04. The summed E-state index contributed by atoms with van der Waals surface area (Å²) < 4.78 is 0. The van der Waals surface area contributed by atoms with E-state index in [-0.39, 0.29) is 49.1 Å². The number of nitrogens with one attached hydrogen (secondary N) is 2. The molecule has 34 heavy (non-hydrogen) atoms. The summed E-state index contributed by atoms with van der Waals surface area (Å²) in [5, 5.41) is 5.84. The molecule has 1 fully saturated rings. The van der Waals surface area contributed by atoms with Crippen LogP contribution in [0.3, 0.4) is 0 Å². The Labute approximate surface area is 197 Å². The Morgan fingerprint density at radius 2 is 1.47 bits per heavy atom. The van der Waals surface area contributed by atoms with Gasteiger partial charge in [0.2, 0.25) is 11.8 Å². The number of amides is 4. The summed E-state index contributed by atoms with van der Waals surface area (Å²) in [5.41, 5.74) is 3.32. The Bertz CT molecular complexity index is 1210. The molecule has 0 saturated carbocycles. The van der Waals surface area contributed by atoms with Crippen LogP contribution in [0.1, 0.15) is 57.7 Å². The number of hydrogen-bond donors (Lipinski definition) is 2. The first-order valence-electron chi connectivity index (χ1n) is 11.1. The zero-order valence-electron chi connectivity index (χ0n) is 18.8. The van der Waals surface area contributed by atoms with Crippen LogP contribution in [-0.2, 0) is 16.1 Å². The topological polar surface area (TPSA) is 95.6 Å². The zero-order chi connectivity index (χ0) is 24.1. The van der Waals surface area contributed by atoms with Crippen LogP contribution in [0.2, 0.25) is 0 Å². The van der Waals surface area contributed by atoms with Gasteiger partial charge in [-0.05, 0) is 54.4 Å². The number of hydrogen-bond acceptors (Lipinski definition) is 4. The Balaban J connectivity index is 1.37. The molecule has 1 aliphatic heterocycles. The maximum absolute atomic E-state index is 12.7. The van der Waals surface area contributed by atoms with E-state index in [1.165, 1.54) is 4.90 Å². The first kappa shape index (κ1) is 22.9. The number of imide groups is 1. The lowest BCUT2D eigenvalue weighted by molar-refractivity contribution is -0.139. The Hall–Kier alpha value is -4.26. The molecule has 0 aliphatic carbocycles. The standard InChI is InChI=1S/C27H25N3O4/c1-18(22-8-5-9-23(16-22)29-27(34)20-6-3-2-4-7-20)28-26(33)21-12-10-19(11-13-21)17-30-24(31)14-15-25(30)32/h2-13,16,18H,14-15,17H2,1H3,(H,28,33)(H,29,34). The maximum atomic E-state index is 12.7. The van der Waals surface area contributed by atoms with Crippen molar-refractivity contribution in [3.8, 4) is 0 Å². The molecule has 3 aromatic carbocycles. The third kappa shape index (κ3) is 5.38. The predicted octanol–water partition coefficient (Wildman–Crippen LogP) is 4.08. The summed E-state index contributed by atoms with van der Waals surface area (Å²) in [6.45, 7) is 2.09. The average Bonchev–Trinajstić information content (AvgIpc) is 3.17. The molecule has 0 bridgehead atoms. The SMILES string of the molecule is CC(NC(=O)c1ccc(CN2C(=O)CCC2=O)cc1)c1cccc(NC(=O)c2ccccc2)c1. The molecule has 7 heteroatoms. The van der Waals surface area contributed by atoms with Crippen LogP contribution in [0, 0.1) is 0 Å². The lowest BCUT2D eigenvalue weighted by Gasteiger charge is -2.17. The highest BCUT2D eigenvalue weighted by Gasteiger charge is 2.28. The average molecular weight is 456 g/mol. The van der Waals surface area contributed by atoms with Crippen LogP contribution < -0.4 is 10.6 Å². The summed E-state index contributed by atoms with van der Waals surface area (Å²) in [6, 6.07) is 22.9. The number of nitrogens with zero attached hydrogens (tertiary/aromatic N) is 1. The molecule has 7 nitrogen and oxygen atoms in total. The van der Waals surface area contributed by atoms with E-state index in [0.717, 1.165) is 11.1 Å². The lowest BCUT2D eigenvalue weighted by Crippen LogP contribution is -2.28. The van der Waals surface area contributed by atoms with Crippen molar-refractivity contribution in [2.75, 3.05) is 5.32 Å². The van der Waals surface area contributed by atoms with Crippen LogP contribution in [0.4, 0.5) is 5.69 Å². The number of anilines is 1. The molecule has 1 unspecified atom stereocenters. The summed E-state index contributed by atoms with van der Waals surface area (Å²) >= 11 is 0. The number of benzene rings is 3. The van der Waals surface area contributed by atoms with Gasteiger partial charge in [0.1, 0.15) is 0 Å². The zero-order valence-corrected chi connectivity index (χ0v) is 18.8. The predicted molar refractivity (Wildman–Crippen MR) is 128 cm³/mol. The molecule has 2 N–H and O–H groups in total. The van der Waals surface area contributed by atoms with E-state index in [0.29, 0.717) is 16.8 Å². The minimum atomic E-state index is -0.291. The molecule has 3 aromatic rings. The van der Waals surface area contributed by atoms with E-state index in [9.17, 15) is 19.2 Å². The number of carbonyl (C=O) groups is 4. The quantitative estimate of drug-likeness (QED) is 0.525. The maximum Gasteiger partial charge on any atom is 0.255 e. The molecule has 1 heterocycles. The van der Waals surface area contributed by atoms with Crippen molar-refractivity contribution in [1.29, 1.82) is 0 Å². The molecule has 1 aliphatic rings. The molecule has 4 amide bonds. The monoisotopic (exact) mass is 455 g/mol. The molecule has 172 valence electrons. The fourth-order valence-corrected chi connectivity index (χ4v) is 3.79. The van der Waals surface area contributed by atoms with Crippen LogP contribution in [0.25, 0.3) is 0 Å². The molecule has 0 spiro atoms. The van der Waals surface area contributed by atoms with Crippen molar-refractivity contribution in [1.82, 2.24) is 10.2 Å². The van der Waals surface area contributed by atoms with Gasteiger partial charge in [-0.2, -0.15) is 0 Å². The van der Waals surface area contributed by atoms with E-state index >= 15 is 0 Å². The van der Waals surface area contributed by atoms with E-state index in [4.69, 9.17) is 0 Å². The minimum absolute atomic E-state index is 0.164. The second-order valence-electron chi connectivity index (χ2n) is 8.21. The van der Waals surface area contributed by atoms with Gasteiger partial charge in [0, 0.05) is 29.7 Å². The van der Waals surface area contributed by atoms with Gasteiger partial charge in [-0.3, -0.25) is 24.1 Å². The molecule has 1 saturated heterocycles. The first-order valence-corrected chi connectivity index (χ1v) is 11.1. The number of likely N-dealkylation sites (tertiary alicyclic amines) is 1. The Kier molecular flexibility index (Phi) is 6.82. The largest absolute Gasteiger partial charge is 0.346 e. The molecular formula is C27H25N3O4. The fourth-order valence-electron chi connectivity index (χ4n) is 3.79. The third-order valence-corrected chi connectivity index (χ3v) is 5.74. The van der Waals surface area contributed by atoms with Crippen LogP contribution >= 0.6 is 0 Å². The number of carbonyl (C=O) groups excluding carboxylic acids is 4. The van der Waals surface area contributed by atoms with Crippen LogP contribution in [-0.4, -0.2) is 28.5 Å². The molecule has 0 aromatic heterocycles. The second kappa shape index (κ2) is 10.1. The fraction of sp³-hybridized carbons (Fsp3) is 0.185. The van der Waals surface area contributed by atoms with Gasteiger partial charge in [-0.25, -0.2) is 0 Å². The third-order valence-electron chi connectivity index (χ3n) is 5.74. The first-order chi connectivity index (χ1) is 16.4. The summed E-state index contributed by atoms with van der Waals surface area (Å²) in [7, 11) is 0. The van der Waals surface area contributed by atoms with Gasteiger partial charge < -0.3 is 10.6 Å². The van der Waals surface area contributed by atoms with Gasteiger partial charge in [0.25, 0.3) is 11.8 Å². The Morgan fingerprint density at radius 3 is 2.15 bits per heavy atom. The molecular weight excluding hydrogens is 430 g/mol. The van der Waals surface area contributed by atoms with E-state index in [2.05, 4.69) is 10.6 Å². The second-order valence-corrected chi connectivity index (χ2v) is 8.21. The van der Waals surface area contributed by atoms with Gasteiger partial charge in [0.15, 0.2) is 0 Å². The van der Waals surface area contributed by atoms with Crippen molar-refractivity contribution >= 4 is 29.3 Å².